The third-order valence-electron chi connectivity index (χ3n) is 2.86. The molecule has 1 fully saturated rings. The molecule has 0 aliphatic carbocycles. The van der Waals surface area contributed by atoms with Gasteiger partial charge in [0.2, 0.25) is 5.91 Å². The van der Waals surface area contributed by atoms with Gasteiger partial charge in [-0.3, -0.25) is 4.79 Å². The van der Waals surface area contributed by atoms with E-state index in [1.54, 1.807) is 12.1 Å². The van der Waals surface area contributed by atoms with Crippen LogP contribution in [0.25, 0.3) is 0 Å². The molecule has 1 amide bonds. The molecule has 1 unspecified atom stereocenters. The summed E-state index contributed by atoms with van der Waals surface area (Å²) in [4.78, 5) is 12.0. The number of carbonyl (C=O) groups is 1. The van der Waals surface area contributed by atoms with Gasteiger partial charge in [0.15, 0.2) is 0 Å². The molecule has 1 aromatic rings. The molecule has 5 heteroatoms. The van der Waals surface area contributed by atoms with E-state index < -0.39 is 0 Å². The smallest absolute Gasteiger partial charge is 0.228 e. The second-order valence-corrected chi connectivity index (χ2v) is 5.48. The van der Waals surface area contributed by atoms with E-state index in [9.17, 15) is 4.79 Å². The van der Waals surface area contributed by atoms with Gasteiger partial charge in [-0.15, -0.1) is 0 Å². The molecule has 0 radical (unpaired) electrons. The van der Waals surface area contributed by atoms with Crippen molar-refractivity contribution in [1.82, 2.24) is 5.32 Å². The van der Waals surface area contributed by atoms with E-state index in [0.29, 0.717) is 10.7 Å². The summed E-state index contributed by atoms with van der Waals surface area (Å²) in [6, 6.07) is 5.44. The van der Waals surface area contributed by atoms with Crippen molar-refractivity contribution in [2.45, 2.75) is 12.8 Å². The summed E-state index contributed by atoms with van der Waals surface area (Å²) in [7, 11) is 0. The van der Waals surface area contributed by atoms with E-state index in [0.717, 1.165) is 30.4 Å². The monoisotopic (exact) mass is 316 g/mol. The highest BCUT2D eigenvalue weighted by atomic mass is 79.9. The number of halogens is 2. The van der Waals surface area contributed by atoms with Crippen molar-refractivity contribution in [1.29, 1.82) is 0 Å². The molecule has 3 nitrogen and oxygen atoms in total. The van der Waals surface area contributed by atoms with Crippen LogP contribution in [0.1, 0.15) is 12.8 Å². The lowest BCUT2D eigenvalue weighted by atomic mass is 9.99. The molecule has 1 aliphatic heterocycles. The Labute approximate surface area is 114 Å². The first-order chi connectivity index (χ1) is 8.16. The number of amides is 1. The Kier molecular flexibility index (Phi) is 4.42. The summed E-state index contributed by atoms with van der Waals surface area (Å²) in [6.45, 7) is 1.75. The van der Waals surface area contributed by atoms with Gasteiger partial charge in [-0.25, -0.2) is 0 Å². The van der Waals surface area contributed by atoms with E-state index in [2.05, 4.69) is 26.6 Å². The van der Waals surface area contributed by atoms with Crippen molar-refractivity contribution in [3.05, 3.63) is 27.7 Å². The maximum atomic E-state index is 12.0. The Morgan fingerprint density at radius 1 is 1.53 bits per heavy atom. The van der Waals surface area contributed by atoms with E-state index >= 15 is 0 Å². The van der Waals surface area contributed by atoms with Crippen LogP contribution >= 0.6 is 27.5 Å². The van der Waals surface area contributed by atoms with E-state index in [1.807, 2.05) is 6.07 Å². The lowest BCUT2D eigenvalue weighted by molar-refractivity contribution is -0.120. The Morgan fingerprint density at radius 3 is 3.00 bits per heavy atom. The molecular weight excluding hydrogens is 304 g/mol. The molecule has 1 aromatic carbocycles. The van der Waals surface area contributed by atoms with Crippen molar-refractivity contribution in [2.24, 2.45) is 5.92 Å². The van der Waals surface area contributed by atoms with Crippen LogP contribution in [0.3, 0.4) is 0 Å². The summed E-state index contributed by atoms with van der Waals surface area (Å²) in [5.41, 5.74) is 0.672. The standard InChI is InChI=1S/C12H14BrClN2O/c13-9-3-4-11(10(14)6-9)16-12(17)8-2-1-5-15-7-8/h3-4,6,8,15H,1-2,5,7H2,(H,16,17). The number of benzene rings is 1. The number of hydrogen-bond acceptors (Lipinski definition) is 2. The highest BCUT2D eigenvalue weighted by Crippen LogP contribution is 2.26. The number of hydrogen-bond donors (Lipinski definition) is 2. The van der Waals surface area contributed by atoms with Gasteiger partial charge in [0.1, 0.15) is 0 Å². The largest absolute Gasteiger partial charge is 0.324 e. The van der Waals surface area contributed by atoms with Crippen molar-refractivity contribution >= 4 is 39.1 Å². The molecular formula is C12H14BrClN2O. The van der Waals surface area contributed by atoms with Crippen LogP contribution in [-0.2, 0) is 4.79 Å². The van der Waals surface area contributed by atoms with Gasteiger partial charge in [0.25, 0.3) is 0 Å². The predicted molar refractivity (Wildman–Crippen MR) is 73.4 cm³/mol. The molecule has 0 saturated carbocycles. The third kappa shape index (κ3) is 3.44. The molecule has 0 spiro atoms. The van der Waals surface area contributed by atoms with Crippen LogP contribution in [0.4, 0.5) is 5.69 Å². The Bertz CT molecular complexity index is 419. The Morgan fingerprint density at radius 2 is 2.35 bits per heavy atom. The fourth-order valence-corrected chi connectivity index (χ4v) is 2.62. The summed E-state index contributed by atoms with van der Waals surface area (Å²) < 4.78 is 0.903. The molecule has 1 saturated heterocycles. The van der Waals surface area contributed by atoms with Crippen LogP contribution in [-0.4, -0.2) is 19.0 Å². The van der Waals surface area contributed by atoms with E-state index in [4.69, 9.17) is 11.6 Å². The van der Waals surface area contributed by atoms with E-state index in [1.165, 1.54) is 0 Å². The van der Waals surface area contributed by atoms with Gasteiger partial charge < -0.3 is 10.6 Å². The quantitative estimate of drug-likeness (QED) is 0.880. The molecule has 92 valence electrons. The average Bonchev–Trinajstić information content (AvgIpc) is 2.34. The van der Waals surface area contributed by atoms with Crippen LogP contribution in [0.15, 0.2) is 22.7 Å². The van der Waals surface area contributed by atoms with Crippen molar-refractivity contribution < 1.29 is 4.79 Å². The SMILES string of the molecule is O=C(Nc1ccc(Br)cc1Cl)C1CCCNC1. The highest BCUT2D eigenvalue weighted by Gasteiger charge is 2.21. The zero-order valence-corrected chi connectivity index (χ0v) is 11.6. The maximum absolute atomic E-state index is 12.0. The number of carbonyl (C=O) groups excluding carboxylic acids is 1. The zero-order chi connectivity index (χ0) is 12.3. The fraction of sp³-hybridized carbons (Fsp3) is 0.417. The summed E-state index contributed by atoms with van der Waals surface area (Å²) in [5, 5.41) is 6.65. The summed E-state index contributed by atoms with van der Waals surface area (Å²) in [6.07, 6.45) is 1.99. The van der Waals surface area contributed by atoms with Crippen LogP contribution in [0.2, 0.25) is 5.02 Å². The molecule has 0 aromatic heterocycles. The van der Waals surface area contributed by atoms with Gasteiger partial charge >= 0.3 is 0 Å². The predicted octanol–water partition coefficient (Wildman–Crippen LogP) is 3.04. The molecule has 17 heavy (non-hydrogen) atoms. The second kappa shape index (κ2) is 5.85. The topological polar surface area (TPSA) is 41.1 Å². The second-order valence-electron chi connectivity index (χ2n) is 4.16. The number of anilines is 1. The van der Waals surface area contributed by atoms with Gasteiger partial charge in [0, 0.05) is 11.0 Å². The minimum atomic E-state index is 0.0430. The minimum absolute atomic E-state index is 0.0430. The average molecular weight is 318 g/mol. The summed E-state index contributed by atoms with van der Waals surface area (Å²) >= 11 is 9.38. The van der Waals surface area contributed by atoms with Gasteiger partial charge in [-0.1, -0.05) is 27.5 Å². The lowest BCUT2D eigenvalue weighted by Crippen LogP contribution is -2.37. The van der Waals surface area contributed by atoms with Crippen LogP contribution < -0.4 is 10.6 Å². The van der Waals surface area contributed by atoms with Gasteiger partial charge in [-0.05, 0) is 37.6 Å². The molecule has 0 bridgehead atoms. The number of rotatable bonds is 2. The highest BCUT2D eigenvalue weighted by molar-refractivity contribution is 9.10. The minimum Gasteiger partial charge on any atom is -0.324 e. The first kappa shape index (κ1) is 12.9. The van der Waals surface area contributed by atoms with Gasteiger partial charge in [0.05, 0.1) is 16.6 Å². The number of piperidine rings is 1. The van der Waals surface area contributed by atoms with Crippen LogP contribution in [0, 0.1) is 5.92 Å². The zero-order valence-electron chi connectivity index (χ0n) is 9.30. The van der Waals surface area contributed by atoms with Crippen molar-refractivity contribution in [2.75, 3.05) is 18.4 Å². The fourth-order valence-electron chi connectivity index (χ4n) is 1.90. The molecule has 2 rings (SSSR count). The molecule has 1 aliphatic rings. The molecule has 1 atom stereocenters. The Hall–Kier alpha value is -0.580. The van der Waals surface area contributed by atoms with E-state index in [-0.39, 0.29) is 11.8 Å². The third-order valence-corrected chi connectivity index (χ3v) is 3.66. The van der Waals surface area contributed by atoms with Gasteiger partial charge in [-0.2, -0.15) is 0 Å². The van der Waals surface area contributed by atoms with Crippen molar-refractivity contribution in [3.8, 4) is 0 Å². The van der Waals surface area contributed by atoms with Crippen molar-refractivity contribution in [3.63, 3.8) is 0 Å². The number of nitrogens with one attached hydrogen (secondary N) is 2. The summed E-state index contributed by atoms with van der Waals surface area (Å²) in [5.74, 6) is 0.0879. The molecule has 2 N–H and O–H groups in total. The van der Waals surface area contributed by atoms with Crippen LogP contribution in [0.5, 0.6) is 0 Å². The Balaban J connectivity index is 2.02. The lowest BCUT2D eigenvalue weighted by Gasteiger charge is -2.22. The first-order valence-electron chi connectivity index (χ1n) is 5.63. The molecule has 1 heterocycles. The normalized spacial score (nSPS) is 20.0. The maximum Gasteiger partial charge on any atom is 0.228 e. The first-order valence-corrected chi connectivity index (χ1v) is 6.80.